The van der Waals surface area contributed by atoms with Crippen molar-refractivity contribution in [3.8, 4) is 17.2 Å². The highest BCUT2D eigenvalue weighted by atomic mass is 16.5. The second-order valence-electron chi connectivity index (χ2n) is 4.01. The summed E-state index contributed by atoms with van der Waals surface area (Å²) in [5, 5.41) is 19.1. The van der Waals surface area contributed by atoms with E-state index < -0.39 is 0 Å². The smallest absolute Gasteiger partial charge is 0.161 e. The van der Waals surface area contributed by atoms with Gasteiger partial charge in [-0.25, -0.2) is 4.68 Å². The molecule has 0 fully saturated rings. The Bertz CT molecular complexity index is 714. The predicted molar refractivity (Wildman–Crippen MR) is 66.1 cm³/mol. The van der Waals surface area contributed by atoms with E-state index in [2.05, 4.69) is 10.2 Å². The lowest BCUT2D eigenvalue weighted by molar-refractivity contribution is 0.374. The van der Waals surface area contributed by atoms with Crippen molar-refractivity contribution in [1.29, 1.82) is 0 Å². The number of hydrogen-bond acceptors (Lipinski definition) is 4. The molecule has 3 rings (SSSR count). The molecular weight excluding hydrogens is 232 g/mol. The van der Waals surface area contributed by atoms with Crippen molar-refractivity contribution in [1.82, 2.24) is 19.6 Å². The van der Waals surface area contributed by atoms with Gasteiger partial charge in [-0.2, -0.15) is 10.2 Å². The standard InChI is InChI=1S/C12H12N4O2/c1-15-7-9(6-13-15)16-10-4-11(17)12(18-2)3-8(10)5-14-16/h3-7,17H,1-2H3. The molecule has 1 N–H and O–H groups in total. The van der Waals surface area contributed by atoms with Crippen molar-refractivity contribution in [2.75, 3.05) is 7.11 Å². The average Bonchev–Trinajstić information content (AvgIpc) is 2.94. The summed E-state index contributed by atoms with van der Waals surface area (Å²) < 4.78 is 8.49. The van der Waals surface area contributed by atoms with Crippen molar-refractivity contribution in [3.63, 3.8) is 0 Å². The molecule has 0 saturated carbocycles. The lowest BCUT2D eigenvalue weighted by Crippen LogP contribution is -1.94. The second kappa shape index (κ2) is 3.76. The molecule has 0 aliphatic heterocycles. The van der Waals surface area contributed by atoms with Crippen molar-refractivity contribution >= 4 is 10.9 Å². The van der Waals surface area contributed by atoms with Crippen LogP contribution in [-0.4, -0.2) is 31.8 Å². The van der Waals surface area contributed by atoms with Crippen LogP contribution in [-0.2, 0) is 7.05 Å². The van der Waals surface area contributed by atoms with E-state index in [0.29, 0.717) is 5.75 Å². The molecule has 0 radical (unpaired) electrons. The first-order valence-electron chi connectivity index (χ1n) is 5.43. The minimum Gasteiger partial charge on any atom is -0.504 e. The zero-order valence-electron chi connectivity index (χ0n) is 10.0. The number of aryl methyl sites for hydroxylation is 1. The van der Waals surface area contributed by atoms with Gasteiger partial charge in [0.15, 0.2) is 11.5 Å². The Kier molecular flexibility index (Phi) is 2.22. The highest BCUT2D eigenvalue weighted by Crippen LogP contribution is 2.31. The maximum atomic E-state index is 9.82. The van der Waals surface area contributed by atoms with Gasteiger partial charge in [-0.3, -0.25) is 4.68 Å². The zero-order chi connectivity index (χ0) is 12.7. The Morgan fingerprint density at radius 3 is 2.72 bits per heavy atom. The molecule has 0 spiro atoms. The summed E-state index contributed by atoms with van der Waals surface area (Å²) >= 11 is 0. The highest BCUT2D eigenvalue weighted by molar-refractivity contribution is 5.84. The zero-order valence-corrected chi connectivity index (χ0v) is 10.0. The topological polar surface area (TPSA) is 65.1 Å². The van der Waals surface area contributed by atoms with Gasteiger partial charge in [0.05, 0.1) is 31.2 Å². The van der Waals surface area contributed by atoms with E-state index in [1.54, 1.807) is 33.9 Å². The Balaban J connectivity index is 2.23. The summed E-state index contributed by atoms with van der Waals surface area (Å²) in [4.78, 5) is 0. The third kappa shape index (κ3) is 1.50. The number of aromatic hydroxyl groups is 1. The molecule has 18 heavy (non-hydrogen) atoms. The van der Waals surface area contributed by atoms with E-state index in [-0.39, 0.29) is 5.75 Å². The van der Waals surface area contributed by atoms with Gasteiger partial charge < -0.3 is 9.84 Å². The fourth-order valence-electron chi connectivity index (χ4n) is 1.93. The molecule has 0 aliphatic rings. The molecule has 6 nitrogen and oxygen atoms in total. The van der Waals surface area contributed by atoms with Crippen molar-refractivity contribution < 1.29 is 9.84 Å². The van der Waals surface area contributed by atoms with E-state index in [9.17, 15) is 5.11 Å². The van der Waals surface area contributed by atoms with Crippen LogP contribution in [0.3, 0.4) is 0 Å². The van der Waals surface area contributed by atoms with Gasteiger partial charge in [-0.05, 0) is 6.07 Å². The van der Waals surface area contributed by atoms with Crippen LogP contribution in [0.25, 0.3) is 16.6 Å². The molecular formula is C12H12N4O2. The van der Waals surface area contributed by atoms with Gasteiger partial charge >= 0.3 is 0 Å². The first kappa shape index (κ1) is 10.6. The Morgan fingerprint density at radius 1 is 1.22 bits per heavy atom. The Labute approximate surface area is 103 Å². The maximum Gasteiger partial charge on any atom is 0.161 e. The third-order valence-electron chi connectivity index (χ3n) is 2.80. The number of nitrogens with zero attached hydrogens (tertiary/aromatic N) is 4. The number of methoxy groups -OCH3 is 1. The third-order valence-corrected chi connectivity index (χ3v) is 2.80. The number of ether oxygens (including phenoxy) is 1. The molecule has 0 aliphatic carbocycles. The molecule has 1 aromatic carbocycles. The van der Waals surface area contributed by atoms with E-state index in [1.807, 2.05) is 13.2 Å². The Morgan fingerprint density at radius 2 is 2.06 bits per heavy atom. The summed E-state index contributed by atoms with van der Waals surface area (Å²) in [5.74, 6) is 0.531. The average molecular weight is 244 g/mol. The van der Waals surface area contributed by atoms with Gasteiger partial charge in [0.1, 0.15) is 5.69 Å². The minimum atomic E-state index is 0.0932. The minimum absolute atomic E-state index is 0.0932. The molecule has 3 aromatic rings. The lowest BCUT2D eigenvalue weighted by atomic mass is 10.2. The van der Waals surface area contributed by atoms with E-state index in [4.69, 9.17) is 4.74 Å². The van der Waals surface area contributed by atoms with Crippen molar-refractivity contribution in [2.45, 2.75) is 0 Å². The summed E-state index contributed by atoms with van der Waals surface area (Å²) in [6, 6.07) is 3.39. The molecule has 0 atom stereocenters. The first-order valence-corrected chi connectivity index (χ1v) is 5.43. The number of benzene rings is 1. The largest absolute Gasteiger partial charge is 0.504 e. The lowest BCUT2D eigenvalue weighted by Gasteiger charge is -2.04. The summed E-state index contributed by atoms with van der Waals surface area (Å²) in [6.45, 7) is 0. The van der Waals surface area contributed by atoms with Crippen LogP contribution in [0.15, 0.2) is 30.7 Å². The Hall–Kier alpha value is -2.50. The van der Waals surface area contributed by atoms with E-state index in [1.165, 1.54) is 7.11 Å². The first-order chi connectivity index (χ1) is 8.69. The quantitative estimate of drug-likeness (QED) is 0.741. The van der Waals surface area contributed by atoms with Crippen molar-refractivity contribution in [3.05, 3.63) is 30.7 Å². The second-order valence-corrected chi connectivity index (χ2v) is 4.01. The molecule has 2 heterocycles. The van der Waals surface area contributed by atoms with Crippen LogP contribution in [0.4, 0.5) is 0 Å². The number of phenols is 1. The summed E-state index contributed by atoms with van der Waals surface area (Å²) in [5.41, 5.74) is 1.65. The fourth-order valence-corrected chi connectivity index (χ4v) is 1.93. The molecule has 0 saturated heterocycles. The molecule has 0 bridgehead atoms. The molecule has 0 unspecified atom stereocenters. The van der Waals surface area contributed by atoms with Crippen LogP contribution >= 0.6 is 0 Å². The number of fused-ring (bicyclic) bond motifs is 1. The summed E-state index contributed by atoms with van der Waals surface area (Å²) in [7, 11) is 3.36. The molecule has 92 valence electrons. The van der Waals surface area contributed by atoms with Crippen LogP contribution in [0.1, 0.15) is 0 Å². The van der Waals surface area contributed by atoms with Crippen LogP contribution in [0.5, 0.6) is 11.5 Å². The van der Waals surface area contributed by atoms with Crippen LogP contribution < -0.4 is 4.74 Å². The summed E-state index contributed by atoms with van der Waals surface area (Å²) in [6.07, 6.45) is 5.30. The molecule has 2 aromatic heterocycles. The van der Waals surface area contributed by atoms with Crippen LogP contribution in [0.2, 0.25) is 0 Å². The maximum absolute atomic E-state index is 9.82. The van der Waals surface area contributed by atoms with Gasteiger partial charge in [-0.15, -0.1) is 0 Å². The number of aromatic nitrogens is 4. The molecule has 6 heteroatoms. The number of rotatable bonds is 2. The number of hydrogen-bond donors (Lipinski definition) is 1. The monoisotopic (exact) mass is 244 g/mol. The van der Waals surface area contributed by atoms with Gasteiger partial charge in [0.2, 0.25) is 0 Å². The normalized spacial score (nSPS) is 11.0. The highest BCUT2D eigenvalue weighted by Gasteiger charge is 2.10. The van der Waals surface area contributed by atoms with Gasteiger partial charge in [0, 0.05) is 18.5 Å². The van der Waals surface area contributed by atoms with Gasteiger partial charge in [-0.1, -0.05) is 0 Å². The fraction of sp³-hybridized carbons (Fsp3) is 0.167. The van der Waals surface area contributed by atoms with Gasteiger partial charge in [0.25, 0.3) is 0 Å². The molecule has 0 amide bonds. The van der Waals surface area contributed by atoms with E-state index >= 15 is 0 Å². The van der Waals surface area contributed by atoms with Crippen LogP contribution in [0, 0.1) is 0 Å². The SMILES string of the molecule is COc1cc2cnn(-c3cnn(C)c3)c2cc1O. The van der Waals surface area contributed by atoms with Crippen molar-refractivity contribution in [2.24, 2.45) is 7.05 Å². The predicted octanol–water partition coefficient (Wildman–Crippen LogP) is 1.47. The van der Waals surface area contributed by atoms with E-state index in [0.717, 1.165) is 16.6 Å². The number of phenolic OH excluding ortho intramolecular Hbond substituents is 1.